The lowest BCUT2D eigenvalue weighted by Crippen LogP contribution is -2.30. The smallest absolute Gasteiger partial charge is 0.306 e. The number of benzene rings is 1. The Morgan fingerprint density at radius 2 is 2.05 bits per heavy atom. The molecule has 0 saturated heterocycles. The molecule has 0 aliphatic heterocycles. The van der Waals surface area contributed by atoms with Gasteiger partial charge in [0, 0.05) is 11.6 Å². The number of carbonyl (C=O) groups excluding carboxylic acids is 1. The molecule has 21 heavy (non-hydrogen) atoms. The molecule has 0 aromatic heterocycles. The Morgan fingerprint density at radius 1 is 1.33 bits per heavy atom. The maximum Gasteiger partial charge on any atom is 0.306 e. The van der Waals surface area contributed by atoms with Gasteiger partial charge in [0.2, 0.25) is 5.91 Å². The summed E-state index contributed by atoms with van der Waals surface area (Å²) in [7, 11) is 1.58. The lowest BCUT2D eigenvalue weighted by Gasteiger charge is -2.25. The Hall–Kier alpha value is -1.56. The quantitative estimate of drug-likeness (QED) is 0.868. The predicted octanol–water partition coefficient (Wildman–Crippen LogP) is 3.29. The first-order valence-corrected chi connectivity index (χ1v) is 7.67. The molecular formula is C15H18BrNO4. The van der Waals surface area contributed by atoms with Gasteiger partial charge in [-0.3, -0.25) is 9.59 Å². The fourth-order valence-corrected chi connectivity index (χ4v) is 3.18. The number of anilines is 1. The van der Waals surface area contributed by atoms with E-state index < -0.39 is 11.9 Å². The van der Waals surface area contributed by atoms with E-state index in [-0.39, 0.29) is 11.8 Å². The summed E-state index contributed by atoms with van der Waals surface area (Å²) in [5.41, 5.74) is 0.671. The van der Waals surface area contributed by atoms with Gasteiger partial charge in [-0.2, -0.15) is 0 Å². The van der Waals surface area contributed by atoms with Crippen molar-refractivity contribution < 1.29 is 19.4 Å². The molecule has 2 N–H and O–H groups in total. The number of methoxy groups -OCH3 is 1. The third kappa shape index (κ3) is 3.97. The SMILES string of the molecule is COc1ccc(NC(=O)C2CCCC(C(=O)O)C2)cc1Br. The first-order valence-electron chi connectivity index (χ1n) is 6.88. The maximum atomic E-state index is 12.3. The minimum Gasteiger partial charge on any atom is -0.496 e. The molecule has 2 rings (SSSR count). The van der Waals surface area contributed by atoms with Crippen LogP contribution in [0.4, 0.5) is 5.69 Å². The second-order valence-corrected chi connectivity index (χ2v) is 6.09. The molecule has 1 aromatic carbocycles. The monoisotopic (exact) mass is 355 g/mol. The number of hydrogen-bond donors (Lipinski definition) is 2. The van der Waals surface area contributed by atoms with E-state index in [4.69, 9.17) is 9.84 Å². The van der Waals surface area contributed by atoms with E-state index in [0.717, 1.165) is 17.3 Å². The molecule has 1 aliphatic rings. The molecule has 1 aromatic rings. The summed E-state index contributed by atoms with van der Waals surface area (Å²) in [4.78, 5) is 23.3. The molecule has 1 aliphatic carbocycles. The average Bonchev–Trinajstić information content (AvgIpc) is 2.47. The van der Waals surface area contributed by atoms with Crippen LogP contribution in [0.2, 0.25) is 0 Å². The van der Waals surface area contributed by atoms with Gasteiger partial charge < -0.3 is 15.2 Å². The van der Waals surface area contributed by atoms with Gasteiger partial charge >= 0.3 is 5.97 Å². The summed E-state index contributed by atoms with van der Waals surface area (Å²) >= 11 is 3.37. The van der Waals surface area contributed by atoms with Crippen molar-refractivity contribution in [3.05, 3.63) is 22.7 Å². The van der Waals surface area contributed by atoms with Crippen molar-refractivity contribution in [3.8, 4) is 5.75 Å². The number of nitrogens with one attached hydrogen (secondary N) is 1. The molecule has 114 valence electrons. The van der Waals surface area contributed by atoms with Crippen LogP contribution in [0, 0.1) is 11.8 Å². The molecular weight excluding hydrogens is 338 g/mol. The molecule has 0 bridgehead atoms. The van der Waals surface area contributed by atoms with Crippen LogP contribution < -0.4 is 10.1 Å². The zero-order valence-electron chi connectivity index (χ0n) is 11.8. The van der Waals surface area contributed by atoms with Crippen molar-refractivity contribution in [2.24, 2.45) is 11.8 Å². The lowest BCUT2D eigenvalue weighted by atomic mass is 9.81. The van der Waals surface area contributed by atoms with Gasteiger partial charge in [0.25, 0.3) is 0 Å². The van der Waals surface area contributed by atoms with E-state index in [1.54, 1.807) is 25.3 Å². The van der Waals surface area contributed by atoms with Crippen molar-refractivity contribution in [2.45, 2.75) is 25.7 Å². The largest absolute Gasteiger partial charge is 0.496 e. The minimum atomic E-state index is -0.806. The number of ether oxygens (including phenoxy) is 1. The van der Waals surface area contributed by atoms with Crippen molar-refractivity contribution in [1.82, 2.24) is 0 Å². The highest BCUT2D eigenvalue weighted by Crippen LogP contribution is 2.31. The van der Waals surface area contributed by atoms with Crippen LogP contribution in [0.25, 0.3) is 0 Å². The Morgan fingerprint density at radius 3 is 2.67 bits per heavy atom. The van der Waals surface area contributed by atoms with E-state index in [1.165, 1.54) is 0 Å². The second kappa shape index (κ2) is 6.93. The highest BCUT2D eigenvalue weighted by atomic mass is 79.9. The van der Waals surface area contributed by atoms with Crippen LogP contribution in [0.5, 0.6) is 5.75 Å². The zero-order chi connectivity index (χ0) is 15.4. The van der Waals surface area contributed by atoms with E-state index in [1.807, 2.05) is 0 Å². The Balaban J connectivity index is 2.00. The van der Waals surface area contributed by atoms with Crippen LogP contribution in [0.3, 0.4) is 0 Å². The van der Waals surface area contributed by atoms with E-state index in [9.17, 15) is 9.59 Å². The molecule has 5 nitrogen and oxygen atoms in total. The third-order valence-electron chi connectivity index (χ3n) is 3.81. The fraction of sp³-hybridized carbons (Fsp3) is 0.467. The summed E-state index contributed by atoms with van der Waals surface area (Å²) in [6.45, 7) is 0. The molecule has 0 radical (unpaired) electrons. The lowest BCUT2D eigenvalue weighted by molar-refractivity contribution is -0.143. The molecule has 0 spiro atoms. The fourth-order valence-electron chi connectivity index (χ4n) is 2.64. The molecule has 0 heterocycles. The van der Waals surface area contributed by atoms with E-state index >= 15 is 0 Å². The standard InChI is InChI=1S/C15H18BrNO4/c1-21-13-6-5-11(8-12(13)16)17-14(18)9-3-2-4-10(7-9)15(19)20/h5-6,8-10H,2-4,7H2,1H3,(H,17,18)(H,19,20). The van der Waals surface area contributed by atoms with Crippen molar-refractivity contribution in [1.29, 1.82) is 0 Å². The number of halogens is 1. The first kappa shape index (κ1) is 15.8. The number of carbonyl (C=O) groups is 2. The van der Waals surface area contributed by atoms with Crippen LogP contribution in [-0.2, 0) is 9.59 Å². The number of aliphatic carboxylic acids is 1. The third-order valence-corrected chi connectivity index (χ3v) is 4.43. The summed E-state index contributed by atoms with van der Waals surface area (Å²) < 4.78 is 5.90. The summed E-state index contributed by atoms with van der Waals surface area (Å²) in [6, 6.07) is 5.30. The number of carboxylic acids is 1. The predicted molar refractivity (Wildman–Crippen MR) is 82.4 cm³/mol. The van der Waals surface area contributed by atoms with Gasteiger partial charge in [-0.05, 0) is 53.4 Å². The number of rotatable bonds is 4. The molecule has 6 heteroatoms. The average molecular weight is 356 g/mol. The van der Waals surface area contributed by atoms with Gasteiger partial charge in [-0.25, -0.2) is 0 Å². The second-order valence-electron chi connectivity index (χ2n) is 5.24. The molecule has 1 fully saturated rings. The molecule has 2 unspecified atom stereocenters. The number of carboxylic acid groups (broad SMARTS) is 1. The van der Waals surface area contributed by atoms with Gasteiger partial charge in [0.1, 0.15) is 5.75 Å². The highest BCUT2D eigenvalue weighted by molar-refractivity contribution is 9.10. The summed E-state index contributed by atoms with van der Waals surface area (Å²) in [6.07, 6.45) is 2.60. The van der Waals surface area contributed by atoms with Crippen LogP contribution in [-0.4, -0.2) is 24.1 Å². The van der Waals surface area contributed by atoms with Crippen LogP contribution in [0.15, 0.2) is 22.7 Å². The molecule has 1 amide bonds. The number of hydrogen-bond acceptors (Lipinski definition) is 3. The van der Waals surface area contributed by atoms with Crippen molar-refractivity contribution in [3.63, 3.8) is 0 Å². The topological polar surface area (TPSA) is 75.6 Å². The van der Waals surface area contributed by atoms with E-state index in [0.29, 0.717) is 24.3 Å². The Kier molecular flexibility index (Phi) is 5.22. The van der Waals surface area contributed by atoms with E-state index in [2.05, 4.69) is 21.2 Å². The molecule has 2 atom stereocenters. The molecule has 1 saturated carbocycles. The minimum absolute atomic E-state index is 0.113. The highest BCUT2D eigenvalue weighted by Gasteiger charge is 2.31. The normalized spacial score (nSPS) is 21.6. The van der Waals surface area contributed by atoms with Gasteiger partial charge in [-0.1, -0.05) is 6.42 Å². The first-order chi connectivity index (χ1) is 10.0. The van der Waals surface area contributed by atoms with Gasteiger partial charge in [0.05, 0.1) is 17.5 Å². The number of amides is 1. The summed E-state index contributed by atoms with van der Waals surface area (Å²) in [5.74, 6) is -0.868. The zero-order valence-corrected chi connectivity index (χ0v) is 13.4. The maximum absolute atomic E-state index is 12.3. The Bertz CT molecular complexity index is 546. The van der Waals surface area contributed by atoms with Gasteiger partial charge in [-0.15, -0.1) is 0 Å². The van der Waals surface area contributed by atoms with Crippen LogP contribution in [0.1, 0.15) is 25.7 Å². The Labute approximate surface area is 131 Å². The van der Waals surface area contributed by atoms with Crippen LogP contribution >= 0.6 is 15.9 Å². The summed E-state index contributed by atoms with van der Waals surface area (Å²) in [5, 5.41) is 11.9. The van der Waals surface area contributed by atoms with Gasteiger partial charge in [0.15, 0.2) is 0 Å². The van der Waals surface area contributed by atoms with Crippen molar-refractivity contribution >= 4 is 33.5 Å². The van der Waals surface area contributed by atoms with Crippen molar-refractivity contribution in [2.75, 3.05) is 12.4 Å².